The Balaban J connectivity index is 2.81. The van der Waals surface area contributed by atoms with E-state index in [2.05, 4.69) is 5.32 Å². The van der Waals surface area contributed by atoms with E-state index < -0.39 is 17.8 Å². The number of hydrogen-bond donors (Lipinski definition) is 2. The van der Waals surface area contributed by atoms with Gasteiger partial charge in [0.2, 0.25) is 0 Å². The van der Waals surface area contributed by atoms with E-state index in [-0.39, 0.29) is 10.8 Å². The molecule has 0 saturated carbocycles. The number of carboxylic acid groups (broad SMARTS) is 1. The summed E-state index contributed by atoms with van der Waals surface area (Å²) in [6.45, 7) is 3.74. The number of anilines is 1. The Morgan fingerprint density at radius 1 is 1.56 bits per heavy atom. The van der Waals surface area contributed by atoms with Crippen molar-refractivity contribution in [3.05, 3.63) is 30.1 Å². The van der Waals surface area contributed by atoms with E-state index >= 15 is 0 Å². The van der Waals surface area contributed by atoms with Gasteiger partial charge >= 0.3 is 5.97 Å². The maximum absolute atomic E-state index is 13.4. The molecule has 0 saturated heterocycles. The van der Waals surface area contributed by atoms with Crippen LogP contribution in [0.25, 0.3) is 0 Å². The van der Waals surface area contributed by atoms with E-state index in [0.29, 0.717) is 6.54 Å². The standard InChI is InChI=1S/C12H15FN2O2S/c1-3-15(8(2)11(16)17)12(18)14-10-7-5-4-6-9(10)13/h4-8H,3H2,1-2H3,(H,14,18)(H,16,17). The summed E-state index contributed by atoms with van der Waals surface area (Å²) in [5.41, 5.74) is 0.235. The molecule has 0 aliphatic heterocycles. The molecule has 4 nitrogen and oxygen atoms in total. The maximum Gasteiger partial charge on any atom is 0.326 e. The fourth-order valence-electron chi connectivity index (χ4n) is 1.48. The van der Waals surface area contributed by atoms with Crippen LogP contribution in [0.15, 0.2) is 24.3 Å². The van der Waals surface area contributed by atoms with Gasteiger partial charge in [-0.15, -0.1) is 0 Å². The molecule has 1 aromatic rings. The predicted molar refractivity (Wildman–Crippen MR) is 72.1 cm³/mol. The summed E-state index contributed by atoms with van der Waals surface area (Å²) in [5.74, 6) is -1.41. The molecule has 0 bridgehead atoms. The van der Waals surface area contributed by atoms with Crippen molar-refractivity contribution in [2.24, 2.45) is 0 Å². The average molecular weight is 270 g/mol. The van der Waals surface area contributed by atoms with Crippen molar-refractivity contribution in [2.75, 3.05) is 11.9 Å². The molecule has 1 rings (SSSR count). The van der Waals surface area contributed by atoms with E-state index in [1.165, 1.54) is 17.9 Å². The molecule has 1 unspecified atom stereocenters. The number of thiocarbonyl (C=S) groups is 1. The molecule has 1 aromatic carbocycles. The minimum Gasteiger partial charge on any atom is -0.480 e. The number of rotatable bonds is 4. The lowest BCUT2D eigenvalue weighted by atomic mass is 10.3. The highest BCUT2D eigenvalue weighted by atomic mass is 32.1. The second-order valence-electron chi connectivity index (χ2n) is 3.71. The topological polar surface area (TPSA) is 52.6 Å². The van der Waals surface area contributed by atoms with Crippen LogP contribution in [-0.4, -0.2) is 33.7 Å². The first-order chi connectivity index (χ1) is 8.47. The van der Waals surface area contributed by atoms with Crippen LogP contribution in [0, 0.1) is 5.82 Å². The van der Waals surface area contributed by atoms with Gasteiger partial charge in [0.25, 0.3) is 0 Å². The van der Waals surface area contributed by atoms with Crippen LogP contribution in [0.5, 0.6) is 0 Å². The van der Waals surface area contributed by atoms with E-state index in [0.717, 1.165) is 0 Å². The molecule has 0 aliphatic rings. The molecule has 0 amide bonds. The molecule has 6 heteroatoms. The first kappa shape index (κ1) is 14.4. The van der Waals surface area contributed by atoms with Gasteiger partial charge in [-0.2, -0.15) is 0 Å². The summed E-state index contributed by atoms with van der Waals surface area (Å²) in [7, 11) is 0. The number of benzene rings is 1. The van der Waals surface area contributed by atoms with Crippen LogP contribution in [0.4, 0.5) is 10.1 Å². The summed E-state index contributed by atoms with van der Waals surface area (Å²) in [6.07, 6.45) is 0. The van der Waals surface area contributed by atoms with Crippen LogP contribution >= 0.6 is 12.2 Å². The van der Waals surface area contributed by atoms with Crippen molar-refractivity contribution in [3.63, 3.8) is 0 Å². The zero-order valence-electron chi connectivity index (χ0n) is 10.2. The van der Waals surface area contributed by atoms with Gasteiger partial charge in [-0.05, 0) is 38.2 Å². The summed E-state index contributed by atoms with van der Waals surface area (Å²) in [6, 6.07) is 5.33. The SMILES string of the molecule is CCN(C(=S)Nc1ccccc1F)C(C)C(=O)O. The zero-order valence-corrected chi connectivity index (χ0v) is 11.0. The van der Waals surface area contributed by atoms with Crippen LogP contribution < -0.4 is 5.32 Å². The number of para-hydroxylation sites is 1. The molecule has 0 spiro atoms. The first-order valence-corrected chi connectivity index (χ1v) is 5.93. The number of hydrogen-bond acceptors (Lipinski definition) is 2. The molecule has 2 N–H and O–H groups in total. The minimum absolute atomic E-state index is 0.192. The number of carbonyl (C=O) groups is 1. The van der Waals surface area contributed by atoms with E-state index in [4.69, 9.17) is 17.3 Å². The monoisotopic (exact) mass is 270 g/mol. The molecule has 0 heterocycles. The van der Waals surface area contributed by atoms with Crippen molar-refractivity contribution >= 4 is 29.0 Å². The van der Waals surface area contributed by atoms with Gasteiger partial charge in [0.05, 0.1) is 5.69 Å². The highest BCUT2D eigenvalue weighted by Crippen LogP contribution is 2.14. The lowest BCUT2D eigenvalue weighted by Crippen LogP contribution is -2.45. The third kappa shape index (κ3) is 3.40. The highest BCUT2D eigenvalue weighted by Gasteiger charge is 2.21. The molecule has 0 aliphatic carbocycles. The zero-order chi connectivity index (χ0) is 13.7. The fourth-order valence-corrected chi connectivity index (χ4v) is 1.87. The van der Waals surface area contributed by atoms with Crippen molar-refractivity contribution < 1.29 is 14.3 Å². The molecular formula is C12H15FN2O2S. The van der Waals surface area contributed by atoms with Crippen molar-refractivity contribution in [3.8, 4) is 0 Å². The number of carboxylic acids is 1. The van der Waals surface area contributed by atoms with Crippen LogP contribution in [0.2, 0.25) is 0 Å². The fraction of sp³-hybridized carbons (Fsp3) is 0.333. The number of aliphatic carboxylic acids is 1. The quantitative estimate of drug-likeness (QED) is 0.822. The Kier molecular flexibility index (Phi) is 5.03. The van der Waals surface area contributed by atoms with Gasteiger partial charge in [-0.25, -0.2) is 9.18 Å². The predicted octanol–water partition coefficient (Wildman–Crippen LogP) is 2.32. The Hall–Kier alpha value is -1.69. The Morgan fingerprint density at radius 2 is 2.17 bits per heavy atom. The van der Waals surface area contributed by atoms with Gasteiger partial charge in [0, 0.05) is 6.54 Å². The van der Waals surface area contributed by atoms with E-state index in [1.807, 2.05) is 0 Å². The summed E-state index contributed by atoms with van der Waals surface area (Å²) in [5, 5.41) is 11.9. The molecule has 18 heavy (non-hydrogen) atoms. The van der Waals surface area contributed by atoms with Gasteiger partial charge in [0.15, 0.2) is 5.11 Å². The third-order valence-corrected chi connectivity index (χ3v) is 2.88. The normalized spacial score (nSPS) is 11.7. The second-order valence-corrected chi connectivity index (χ2v) is 4.10. The van der Waals surface area contributed by atoms with Gasteiger partial charge in [0.1, 0.15) is 11.9 Å². The lowest BCUT2D eigenvalue weighted by Gasteiger charge is -2.28. The van der Waals surface area contributed by atoms with Crippen LogP contribution in [0.3, 0.4) is 0 Å². The van der Waals surface area contributed by atoms with Gasteiger partial charge in [-0.3, -0.25) is 0 Å². The number of likely N-dealkylation sites (N-methyl/N-ethyl adjacent to an activating group) is 1. The van der Waals surface area contributed by atoms with Crippen molar-refractivity contribution in [1.29, 1.82) is 0 Å². The van der Waals surface area contributed by atoms with Gasteiger partial charge in [-0.1, -0.05) is 12.1 Å². The molecule has 0 fully saturated rings. The molecular weight excluding hydrogens is 255 g/mol. The van der Waals surface area contributed by atoms with Crippen molar-refractivity contribution in [1.82, 2.24) is 4.90 Å². The summed E-state index contributed by atoms with van der Waals surface area (Å²) < 4.78 is 13.4. The Morgan fingerprint density at radius 3 is 2.67 bits per heavy atom. The number of halogens is 1. The lowest BCUT2D eigenvalue weighted by molar-refractivity contribution is -0.141. The van der Waals surface area contributed by atoms with Crippen LogP contribution in [0.1, 0.15) is 13.8 Å². The summed E-state index contributed by atoms with van der Waals surface area (Å²) in [4.78, 5) is 12.4. The van der Waals surface area contributed by atoms with Crippen LogP contribution in [-0.2, 0) is 4.79 Å². The van der Waals surface area contributed by atoms with Crippen molar-refractivity contribution in [2.45, 2.75) is 19.9 Å². The minimum atomic E-state index is -0.977. The first-order valence-electron chi connectivity index (χ1n) is 5.52. The largest absolute Gasteiger partial charge is 0.480 e. The Bertz CT molecular complexity index is 453. The maximum atomic E-state index is 13.4. The summed E-state index contributed by atoms with van der Waals surface area (Å²) >= 11 is 5.10. The van der Waals surface area contributed by atoms with E-state index in [9.17, 15) is 9.18 Å². The number of nitrogens with zero attached hydrogens (tertiary/aromatic N) is 1. The van der Waals surface area contributed by atoms with E-state index in [1.54, 1.807) is 25.1 Å². The average Bonchev–Trinajstić information content (AvgIpc) is 2.32. The second kappa shape index (κ2) is 6.30. The molecule has 0 aromatic heterocycles. The highest BCUT2D eigenvalue weighted by molar-refractivity contribution is 7.80. The smallest absolute Gasteiger partial charge is 0.326 e. The Labute approximate surface area is 110 Å². The molecule has 98 valence electrons. The number of nitrogens with one attached hydrogen (secondary N) is 1. The van der Waals surface area contributed by atoms with Gasteiger partial charge < -0.3 is 15.3 Å². The third-order valence-electron chi connectivity index (χ3n) is 2.54. The molecule has 1 atom stereocenters. The molecule has 0 radical (unpaired) electrons.